The van der Waals surface area contributed by atoms with Crippen molar-refractivity contribution < 1.29 is 0 Å². The lowest BCUT2D eigenvalue weighted by atomic mass is 10.2. The molecule has 0 atom stereocenters. The second-order valence-electron chi connectivity index (χ2n) is 3.23. The van der Waals surface area contributed by atoms with Gasteiger partial charge in [-0.05, 0) is 11.6 Å². The van der Waals surface area contributed by atoms with Crippen molar-refractivity contribution in [1.29, 1.82) is 0 Å². The third-order valence-electron chi connectivity index (χ3n) is 2.14. The molecule has 1 aromatic carbocycles. The van der Waals surface area contributed by atoms with Gasteiger partial charge in [-0.3, -0.25) is 0 Å². The summed E-state index contributed by atoms with van der Waals surface area (Å²) in [7, 11) is 0. The third-order valence-corrected chi connectivity index (χ3v) is 2.14. The fraction of sp³-hybridized carbons (Fsp3) is 0.167. The van der Waals surface area contributed by atoms with Crippen molar-refractivity contribution in [3.63, 3.8) is 0 Å². The number of benzene rings is 1. The van der Waals surface area contributed by atoms with Crippen LogP contribution in [0.3, 0.4) is 0 Å². The first kappa shape index (κ1) is 8.88. The fourth-order valence-electron chi connectivity index (χ4n) is 1.37. The van der Waals surface area contributed by atoms with Gasteiger partial charge in [0.2, 0.25) is 0 Å². The molecule has 0 spiro atoms. The number of dihydropyridines is 1. The highest BCUT2D eigenvalue weighted by molar-refractivity contribution is 5.18. The molecule has 72 valence electrons. The SMILES string of the molecule is C1=CCNC(NCc2ccccc2)=C1. The highest BCUT2D eigenvalue weighted by Gasteiger charge is 1.96. The van der Waals surface area contributed by atoms with Gasteiger partial charge >= 0.3 is 0 Å². The Morgan fingerprint density at radius 1 is 1.21 bits per heavy atom. The lowest BCUT2D eigenvalue weighted by Gasteiger charge is -2.14. The van der Waals surface area contributed by atoms with Gasteiger partial charge in [-0.1, -0.05) is 42.5 Å². The normalized spacial score (nSPS) is 14.4. The largest absolute Gasteiger partial charge is 0.368 e. The number of hydrogen-bond acceptors (Lipinski definition) is 2. The standard InChI is InChI=1S/C12H14N2/c1-2-6-11(7-3-1)10-14-12-8-4-5-9-13-12/h1-8,13-14H,9-10H2. The molecule has 0 saturated carbocycles. The Morgan fingerprint density at radius 3 is 2.79 bits per heavy atom. The first-order valence-electron chi connectivity index (χ1n) is 4.83. The average Bonchev–Trinajstić information content (AvgIpc) is 2.29. The quantitative estimate of drug-likeness (QED) is 0.752. The Labute approximate surface area is 84.3 Å². The zero-order chi connectivity index (χ0) is 9.64. The third kappa shape index (κ3) is 2.39. The average molecular weight is 186 g/mol. The summed E-state index contributed by atoms with van der Waals surface area (Å²) in [4.78, 5) is 0. The molecule has 1 aliphatic heterocycles. The van der Waals surface area contributed by atoms with Crippen molar-refractivity contribution in [2.45, 2.75) is 6.54 Å². The molecule has 0 radical (unpaired) electrons. The van der Waals surface area contributed by atoms with Crippen LogP contribution < -0.4 is 10.6 Å². The van der Waals surface area contributed by atoms with Gasteiger partial charge in [0, 0.05) is 13.1 Å². The molecular formula is C12H14N2. The van der Waals surface area contributed by atoms with Crippen LogP contribution in [0.4, 0.5) is 0 Å². The number of rotatable bonds is 3. The summed E-state index contributed by atoms with van der Waals surface area (Å²) in [5, 5.41) is 6.59. The summed E-state index contributed by atoms with van der Waals surface area (Å²) < 4.78 is 0. The highest BCUT2D eigenvalue weighted by atomic mass is 15.1. The van der Waals surface area contributed by atoms with E-state index >= 15 is 0 Å². The van der Waals surface area contributed by atoms with E-state index in [1.54, 1.807) is 0 Å². The van der Waals surface area contributed by atoms with Crippen molar-refractivity contribution >= 4 is 0 Å². The molecule has 0 bridgehead atoms. The van der Waals surface area contributed by atoms with E-state index in [1.807, 2.05) is 12.1 Å². The summed E-state index contributed by atoms with van der Waals surface area (Å²) in [6.45, 7) is 1.78. The highest BCUT2D eigenvalue weighted by Crippen LogP contribution is 1.99. The van der Waals surface area contributed by atoms with Crippen molar-refractivity contribution in [3.05, 3.63) is 59.9 Å². The van der Waals surface area contributed by atoms with Gasteiger partial charge in [0.15, 0.2) is 0 Å². The molecule has 14 heavy (non-hydrogen) atoms. The monoisotopic (exact) mass is 186 g/mol. The van der Waals surface area contributed by atoms with Crippen molar-refractivity contribution in [2.24, 2.45) is 0 Å². The summed E-state index contributed by atoms with van der Waals surface area (Å²) in [6, 6.07) is 10.4. The van der Waals surface area contributed by atoms with Gasteiger partial charge in [0.1, 0.15) is 0 Å². The summed E-state index contributed by atoms with van der Waals surface area (Å²) in [5.74, 6) is 1.09. The maximum absolute atomic E-state index is 3.34. The summed E-state index contributed by atoms with van der Waals surface area (Å²) in [5.41, 5.74) is 1.30. The Bertz CT molecular complexity index is 339. The maximum atomic E-state index is 3.34. The minimum absolute atomic E-state index is 0.869. The van der Waals surface area contributed by atoms with E-state index in [0.717, 1.165) is 18.9 Å². The Hall–Kier alpha value is -1.70. The predicted octanol–water partition coefficient (Wildman–Crippen LogP) is 1.78. The molecule has 0 aromatic heterocycles. The first-order chi connectivity index (χ1) is 6.95. The first-order valence-corrected chi connectivity index (χ1v) is 4.83. The molecule has 1 aliphatic rings. The van der Waals surface area contributed by atoms with Gasteiger partial charge in [-0.25, -0.2) is 0 Å². The Balaban J connectivity index is 1.88. The van der Waals surface area contributed by atoms with E-state index in [9.17, 15) is 0 Å². The lowest BCUT2D eigenvalue weighted by Crippen LogP contribution is -2.27. The molecule has 2 nitrogen and oxygen atoms in total. The van der Waals surface area contributed by atoms with E-state index in [2.05, 4.69) is 47.1 Å². The van der Waals surface area contributed by atoms with Crippen LogP contribution >= 0.6 is 0 Å². The molecule has 0 unspecified atom stereocenters. The Morgan fingerprint density at radius 2 is 2.07 bits per heavy atom. The smallest absolute Gasteiger partial charge is 0.0991 e. The topological polar surface area (TPSA) is 24.1 Å². The van der Waals surface area contributed by atoms with E-state index in [-0.39, 0.29) is 0 Å². The second kappa shape index (κ2) is 4.51. The van der Waals surface area contributed by atoms with Crippen LogP contribution in [0.1, 0.15) is 5.56 Å². The van der Waals surface area contributed by atoms with Crippen LogP contribution in [-0.2, 0) is 6.54 Å². The summed E-state index contributed by atoms with van der Waals surface area (Å²) in [6.07, 6.45) is 6.20. The van der Waals surface area contributed by atoms with Gasteiger partial charge in [0.25, 0.3) is 0 Å². The van der Waals surface area contributed by atoms with E-state index in [0.29, 0.717) is 0 Å². The van der Waals surface area contributed by atoms with Crippen LogP contribution in [-0.4, -0.2) is 6.54 Å². The molecule has 1 aromatic rings. The van der Waals surface area contributed by atoms with Crippen LogP contribution in [0.5, 0.6) is 0 Å². The minimum Gasteiger partial charge on any atom is -0.368 e. The van der Waals surface area contributed by atoms with Gasteiger partial charge in [0.05, 0.1) is 5.82 Å². The van der Waals surface area contributed by atoms with Crippen molar-refractivity contribution in [2.75, 3.05) is 6.54 Å². The molecule has 0 aliphatic carbocycles. The zero-order valence-electron chi connectivity index (χ0n) is 8.03. The number of allylic oxidation sites excluding steroid dienone is 2. The summed E-state index contributed by atoms with van der Waals surface area (Å²) >= 11 is 0. The fourth-order valence-corrected chi connectivity index (χ4v) is 1.37. The van der Waals surface area contributed by atoms with E-state index < -0.39 is 0 Å². The van der Waals surface area contributed by atoms with Crippen LogP contribution in [0.25, 0.3) is 0 Å². The second-order valence-corrected chi connectivity index (χ2v) is 3.23. The van der Waals surface area contributed by atoms with Gasteiger partial charge in [-0.15, -0.1) is 0 Å². The van der Waals surface area contributed by atoms with Gasteiger partial charge in [-0.2, -0.15) is 0 Å². The molecule has 0 saturated heterocycles. The predicted molar refractivity (Wildman–Crippen MR) is 58.5 cm³/mol. The van der Waals surface area contributed by atoms with E-state index in [1.165, 1.54) is 5.56 Å². The maximum Gasteiger partial charge on any atom is 0.0991 e. The lowest BCUT2D eigenvalue weighted by molar-refractivity contribution is 0.709. The molecule has 0 amide bonds. The molecular weight excluding hydrogens is 172 g/mol. The van der Waals surface area contributed by atoms with Crippen molar-refractivity contribution in [3.8, 4) is 0 Å². The zero-order valence-corrected chi connectivity index (χ0v) is 8.03. The number of nitrogens with one attached hydrogen (secondary N) is 2. The molecule has 2 rings (SSSR count). The van der Waals surface area contributed by atoms with Crippen LogP contribution in [0.2, 0.25) is 0 Å². The minimum atomic E-state index is 0.869. The van der Waals surface area contributed by atoms with Crippen LogP contribution in [0.15, 0.2) is 54.4 Å². The van der Waals surface area contributed by atoms with Crippen molar-refractivity contribution in [1.82, 2.24) is 10.6 Å². The van der Waals surface area contributed by atoms with Crippen LogP contribution in [0, 0.1) is 0 Å². The molecule has 0 fully saturated rings. The van der Waals surface area contributed by atoms with Gasteiger partial charge < -0.3 is 10.6 Å². The number of hydrogen-bond donors (Lipinski definition) is 2. The van der Waals surface area contributed by atoms with E-state index in [4.69, 9.17) is 0 Å². The molecule has 2 heteroatoms. The Kier molecular flexibility index (Phi) is 2.86. The molecule has 2 N–H and O–H groups in total. The molecule has 1 heterocycles.